The Hall–Kier alpha value is -0.900. The molecule has 0 amide bonds. The van der Waals surface area contributed by atoms with Crippen molar-refractivity contribution in [2.75, 3.05) is 5.32 Å². The van der Waals surface area contributed by atoms with Crippen molar-refractivity contribution in [3.63, 3.8) is 0 Å². The first kappa shape index (κ1) is 24.4. The first-order valence-corrected chi connectivity index (χ1v) is 15.1. The zero-order valence-electron chi connectivity index (χ0n) is 19.7. The van der Waals surface area contributed by atoms with Gasteiger partial charge in [0.25, 0.3) is 0 Å². The minimum Gasteiger partial charge on any atom is -0.349 e. The van der Waals surface area contributed by atoms with Gasteiger partial charge in [-0.15, -0.1) is 0 Å². The van der Waals surface area contributed by atoms with E-state index >= 15 is 0 Å². The molecule has 0 aliphatic carbocycles. The van der Waals surface area contributed by atoms with Crippen molar-refractivity contribution in [3.05, 3.63) is 61.9 Å². The lowest BCUT2D eigenvalue weighted by atomic mass is 10.2. The molecule has 0 saturated heterocycles. The van der Waals surface area contributed by atoms with Crippen LogP contribution < -0.4 is 15.9 Å². The molecule has 0 fully saturated rings. The summed E-state index contributed by atoms with van der Waals surface area (Å²) in [6, 6.07) is 17.6. The molecule has 3 heteroatoms. The van der Waals surface area contributed by atoms with Crippen LogP contribution in [-0.4, -0.2) is 22.6 Å². The first-order valence-electron chi connectivity index (χ1n) is 10.9. The van der Waals surface area contributed by atoms with Crippen molar-refractivity contribution in [1.29, 1.82) is 0 Å². The lowest BCUT2D eigenvalue weighted by Crippen LogP contribution is -2.28. The van der Waals surface area contributed by atoms with Crippen LogP contribution >= 0.6 is 14.5 Å². The molecule has 0 aliphatic rings. The molecule has 0 aromatic heterocycles. The Bertz CT molecular complexity index is 724. The predicted octanol–water partition coefficient (Wildman–Crippen LogP) is 7.93. The number of anilines is 2. The SMILES string of the molecule is [CH2-][P+](c1ccccc1Nc1ccccc1[P+]([CH2-])(C(C)C)C(C)C)(C(C)C)C(C)C. The van der Waals surface area contributed by atoms with Gasteiger partial charge in [-0.3, -0.25) is 0 Å². The van der Waals surface area contributed by atoms with E-state index in [2.05, 4.69) is 109 Å². The van der Waals surface area contributed by atoms with E-state index < -0.39 is 14.5 Å². The van der Waals surface area contributed by atoms with Gasteiger partial charge in [-0.2, -0.15) is 13.3 Å². The highest BCUT2D eigenvalue weighted by Gasteiger charge is 2.39. The van der Waals surface area contributed by atoms with Crippen LogP contribution in [0, 0.1) is 13.3 Å². The molecule has 1 N–H and O–H groups in total. The Morgan fingerprint density at radius 1 is 0.552 bits per heavy atom. The smallest absolute Gasteiger partial charge is 0.0884 e. The van der Waals surface area contributed by atoms with Crippen molar-refractivity contribution in [2.45, 2.75) is 78.0 Å². The summed E-state index contributed by atoms with van der Waals surface area (Å²) in [6.45, 7) is 28.3. The number of rotatable bonds is 8. The van der Waals surface area contributed by atoms with E-state index in [0.717, 1.165) is 0 Å². The van der Waals surface area contributed by atoms with Gasteiger partial charge in [0.1, 0.15) is 0 Å². The molecule has 0 unspecified atom stereocenters. The molecule has 0 radical (unpaired) electrons. The second kappa shape index (κ2) is 9.49. The van der Waals surface area contributed by atoms with Gasteiger partial charge in [-0.05, 0) is 79.7 Å². The standard InChI is InChI=1S/C26H41NP2/c1-19(2)28(9,20(3)4)25-17-13-11-15-23(25)27-24-16-12-14-18-26(24)29(10,21(5)6)22(7)8/h11-22,27H,9-10H2,1-8H3. The van der Waals surface area contributed by atoms with E-state index in [4.69, 9.17) is 13.3 Å². The highest BCUT2D eigenvalue weighted by molar-refractivity contribution is 7.85. The van der Waals surface area contributed by atoms with Crippen LogP contribution in [0.2, 0.25) is 0 Å². The van der Waals surface area contributed by atoms with Crippen LogP contribution in [0.15, 0.2) is 48.5 Å². The Morgan fingerprint density at radius 2 is 0.828 bits per heavy atom. The monoisotopic (exact) mass is 429 g/mol. The third kappa shape index (κ3) is 4.57. The van der Waals surface area contributed by atoms with Crippen molar-refractivity contribution in [3.8, 4) is 0 Å². The van der Waals surface area contributed by atoms with Crippen LogP contribution in [0.4, 0.5) is 11.4 Å². The van der Waals surface area contributed by atoms with Crippen LogP contribution in [0.1, 0.15) is 55.4 Å². The lowest BCUT2D eigenvalue weighted by Gasteiger charge is -2.40. The van der Waals surface area contributed by atoms with Crippen LogP contribution in [0.5, 0.6) is 0 Å². The van der Waals surface area contributed by atoms with Crippen molar-refractivity contribution in [2.24, 2.45) is 0 Å². The molecule has 0 saturated carbocycles. The van der Waals surface area contributed by atoms with Crippen molar-refractivity contribution >= 4 is 36.5 Å². The maximum atomic E-state index is 4.83. The summed E-state index contributed by atoms with van der Waals surface area (Å²) in [4.78, 5) is 0. The van der Waals surface area contributed by atoms with E-state index in [0.29, 0.717) is 22.6 Å². The van der Waals surface area contributed by atoms with Gasteiger partial charge in [0, 0.05) is 22.6 Å². The maximum absolute atomic E-state index is 4.83. The van der Waals surface area contributed by atoms with Gasteiger partial charge in [0.05, 0.1) is 22.0 Å². The lowest BCUT2D eigenvalue weighted by molar-refractivity contribution is 1.00. The third-order valence-electron chi connectivity index (χ3n) is 6.66. The average molecular weight is 430 g/mol. The summed E-state index contributed by atoms with van der Waals surface area (Å²) in [5.74, 6) is 0. The fourth-order valence-electron chi connectivity index (χ4n) is 4.34. The van der Waals surface area contributed by atoms with Gasteiger partial charge < -0.3 is 5.32 Å². The van der Waals surface area contributed by atoms with Gasteiger partial charge in [-0.1, -0.05) is 38.8 Å². The molecule has 160 valence electrons. The number of benzene rings is 2. The Morgan fingerprint density at radius 3 is 1.10 bits per heavy atom. The summed E-state index contributed by atoms with van der Waals surface area (Å²) in [7, 11) is -3.11. The second-order valence-electron chi connectivity index (χ2n) is 9.40. The van der Waals surface area contributed by atoms with E-state index in [1.165, 1.54) is 22.0 Å². The Kier molecular flexibility index (Phi) is 7.98. The summed E-state index contributed by atoms with van der Waals surface area (Å²) in [5, 5.41) is 6.66. The molecule has 2 aromatic carbocycles. The second-order valence-corrected chi connectivity index (χ2v) is 18.2. The van der Waals surface area contributed by atoms with Crippen LogP contribution in [-0.2, 0) is 0 Å². The van der Waals surface area contributed by atoms with Crippen molar-refractivity contribution < 1.29 is 0 Å². The molecular formula is C26H41NP2. The quantitative estimate of drug-likeness (QED) is 0.332. The molecule has 0 spiro atoms. The Balaban J connectivity index is 2.62. The number of hydrogen-bond acceptors (Lipinski definition) is 1. The van der Waals surface area contributed by atoms with Gasteiger partial charge >= 0.3 is 0 Å². The molecule has 0 aliphatic heterocycles. The number of nitrogens with one attached hydrogen (secondary N) is 1. The molecule has 1 nitrogen and oxygen atoms in total. The molecule has 0 heterocycles. The minimum atomic E-state index is -1.55. The zero-order chi connectivity index (χ0) is 22.0. The molecular weight excluding hydrogens is 388 g/mol. The summed E-state index contributed by atoms with van der Waals surface area (Å²) in [6.07, 6.45) is 0. The first-order chi connectivity index (χ1) is 13.5. The van der Waals surface area contributed by atoms with Crippen LogP contribution in [0.3, 0.4) is 0 Å². The normalized spacial score (nSPS) is 13.0. The van der Waals surface area contributed by atoms with Crippen molar-refractivity contribution in [1.82, 2.24) is 0 Å². The highest BCUT2D eigenvalue weighted by atomic mass is 31.2. The molecule has 2 rings (SSSR count). The molecule has 0 atom stereocenters. The van der Waals surface area contributed by atoms with E-state index in [-0.39, 0.29) is 0 Å². The third-order valence-corrected chi connectivity index (χ3v) is 16.6. The summed E-state index contributed by atoms with van der Waals surface area (Å²) < 4.78 is 0. The molecule has 29 heavy (non-hydrogen) atoms. The number of para-hydroxylation sites is 2. The minimum absolute atomic E-state index is 0.548. The summed E-state index contributed by atoms with van der Waals surface area (Å²) in [5.41, 5.74) is 4.62. The van der Waals surface area contributed by atoms with Crippen LogP contribution in [0.25, 0.3) is 0 Å². The topological polar surface area (TPSA) is 12.0 Å². The molecule has 2 aromatic rings. The number of hydrogen-bond donors (Lipinski definition) is 1. The van der Waals surface area contributed by atoms with Gasteiger partial charge in [-0.25, -0.2) is 0 Å². The highest BCUT2D eigenvalue weighted by Crippen LogP contribution is 2.66. The van der Waals surface area contributed by atoms with E-state index in [1.54, 1.807) is 0 Å². The van der Waals surface area contributed by atoms with Gasteiger partial charge in [0.2, 0.25) is 0 Å². The Labute approximate surface area is 181 Å². The summed E-state index contributed by atoms with van der Waals surface area (Å²) >= 11 is 0. The largest absolute Gasteiger partial charge is 0.349 e. The average Bonchev–Trinajstić information content (AvgIpc) is 2.66. The maximum Gasteiger partial charge on any atom is 0.0884 e. The van der Waals surface area contributed by atoms with E-state index in [9.17, 15) is 0 Å². The zero-order valence-corrected chi connectivity index (χ0v) is 21.5. The van der Waals surface area contributed by atoms with E-state index in [1.807, 2.05) is 0 Å². The predicted molar refractivity (Wildman–Crippen MR) is 141 cm³/mol. The van der Waals surface area contributed by atoms with Gasteiger partial charge in [0.15, 0.2) is 0 Å². The fourth-order valence-corrected chi connectivity index (χ4v) is 10.8. The fraction of sp³-hybridized carbons (Fsp3) is 0.462. The molecule has 0 bridgehead atoms.